The molecule has 1 N–H and O–H groups in total. The highest BCUT2D eigenvalue weighted by molar-refractivity contribution is 5.97. The van der Waals surface area contributed by atoms with Gasteiger partial charge < -0.3 is 5.32 Å². The van der Waals surface area contributed by atoms with Crippen molar-refractivity contribution in [3.8, 4) is 0 Å². The summed E-state index contributed by atoms with van der Waals surface area (Å²) < 4.78 is 1.89. The van der Waals surface area contributed by atoms with Gasteiger partial charge in [-0.1, -0.05) is 25.7 Å². The van der Waals surface area contributed by atoms with Crippen LogP contribution in [0.15, 0.2) is 18.5 Å². The molecule has 3 atom stereocenters. The monoisotopic (exact) mass is 340 g/mol. The van der Waals surface area contributed by atoms with Crippen molar-refractivity contribution in [2.24, 2.45) is 11.8 Å². The van der Waals surface area contributed by atoms with E-state index in [9.17, 15) is 4.79 Å². The van der Waals surface area contributed by atoms with E-state index in [-0.39, 0.29) is 11.9 Å². The third-order valence-electron chi connectivity index (χ3n) is 6.06. The van der Waals surface area contributed by atoms with Gasteiger partial charge in [0.2, 0.25) is 0 Å². The van der Waals surface area contributed by atoms with E-state index in [1.165, 1.54) is 32.1 Å². The summed E-state index contributed by atoms with van der Waals surface area (Å²) in [6, 6.07) is 2.49. The van der Waals surface area contributed by atoms with Crippen LogP contribution in [-0.4, -0.2) is 26.7 Å². The topological polar surface area (TPSA) is 59.8 Å². The van der Waals surface area contributed by atoms with Crippen molar-refractivity contribution < 1.29 is 4.79 Å². The molecule has 4 rings (SSSR count). The quantitative estimate of drug-likeness (QED) is 0.915. The van der Waals surface area contributed by atoms with E-state index in [0.29, 0.717) is 11.6 Å². The molecule has 0 aromatic carbocycles. The first-order valence-electron chi connectivity index (χ1n) is 9.76. The van der Waals surface area contributed by atoms with E-state index >= 15 is 0 Å². The summed E-state index contributed by atoms with van der Waals surface area (Å²) in [5.74, 6) is 1.73. The van der Waals surface area contributed by atoms with E-state index < -0.39 is 0 Å². The summed E-state index contributed by atoms with van der Waals surface area (Å²) in [6.07, 6.45) is 12.5. The van der Waals surface area contributed by atoms with Crippen LogP contribution in [0, 0.1) is 11.8 Å². The van der Waals surface area contributed by atoms with Crippen molar-refractivity contribution in [2.45, 2.75) is 70.9 Å². The lowest BCUT2D eigenvalue weighted by atomic mass is 9.69. The molecular formula is C20H28N4O. The van der Waals surface area contributed by atoms with Crippen molar-refractivity contribution in [3.05, 3.63) is 24.0 Å². The number of aromatic nitrogens is 3. The second-order valence-electron chi connectivity index (χ2n) is 8.11. The summed E-state index contributed by atoms with van der Waals surface area (Å²) in [5, 5.41) is 8.56. The highest BCUT2D eigenvalue weighted by atomic mass is 16.1. The van der Waals surface area contributed by atoms with Gasteiger partial charge >= 0.3 is 0 Å². The molecule has 1 amide bonds. The Morgan fingerprint density at radius 1 is 1.16 bits per heavy atom. The van der Waals surface area contributed by atoms with Crippen molar-refractivity contribution in [1.82, 2.24) is 20.1 Å². The molecule has 2 aromatic rings. The molecule has 3 unspecified atom stereocenters. The van der Waals surface area contributed by atoms with Gasteiger partial charge in [-0.25, -0.2) is 9.67 Å². The third-order valence-corrected chi connectivity index (χ3v) is 6.06. The number of hydrogen-bond acceptors (Lipinski definition) is 3. The Morgan fingerprint density at radius 3 is 2.76 bits per heavy atom. The second kappa shape index (κ2) is 6.77. The number of rotatable bonds is 3. The number of carbonyl (C=O) groups excluding carboxylic acids is 1. The first-order chi connectivity index (χ1) is 12.1. The molecule has 2 aliphatic carbocycles. The van der Waals surface area contributed by atoms with Gasteiger partial charge in [-0.2, -0.15) is 5.10 Å². The van der Waals surface area contributed by atoms with Crippen LogP contribution in [0.3, 0.4) is 0 Å². The maximum atomic E-state index is 12.7. The van der Waals surface area contributed by atoms with Crippen molar-refractivity contribution in [2.75, 3.05) is 0 Å². The van der Waals surface area contributed by atoms with Crippen LogP contribution in [0.1, 0.15) is 75.2 Å². The molecule has 25 heavy (non-hydrogen) atoms. The van der Waals surface area contributed by atoms with Gasteiger partial charge in [0, 0.05) is 23.7 Å². The molecule has 0 bridgehead atoms. The number of nitrogens with zero attached hydrogens (tertiary/aromatic N) is 3. The number of carbonyl (C=O) groups is 1. The number of pyridine rings is 1. The van der Waals surface area contributed by atoms with E-state index in [0.717, 1.165) is 35.7 Å². The normalized spacial score (nSPS) is 26.6. The smallest absolute Gasteiger partial charge is 0.253 e. The van der Waals surface area contributed by atoms with Crippen LogP contribution in [-0.2, 0) is 0 Å². The van der Waals surface area contributed by atoms with Gasteiger partial charge in [-0.15, -0.1) is 0 Å². The second-order valence-corrected chi connectivity index (χ2v) is 8.11. The van der Waals surface area contributed by atoms with Gasteiger partial charge in [0.05, 0.1) is 11.8 Å². The largest absolute Gasteiger partial charge is 0.349 e. The number of hydrogen-bond donors (Lipinski definition) is 1. The Balaban J connectivity index is 1.45. The van der Waals surface area contributed by atoms with Crippen LogP contribution in [0.25, 0.3) is 11.0 Å². The van der Waals surface area contributed by atoms with Gasteiger partial charge in [0.1, 0.15) is 0 Å². The van der Waals surface area contributed by atoms with Crippen LogP contribution in [0.5, 0.6) is 0 Å². The molecule has 2 heterocycles. The highest BCUT2D eigenvalue weighted by Gasteiger charge is 2.32. The number of fused-ring (bicyclic) bond motifs is 2. The average Bonchev–Trinajstić information content (AvgIpc) is 3.05. The summed E-state index contributed by atoms with van der Waals surface area (Å²) in [6.45, 7) is 4.16. The molecule has 134 valence electrons. The first kappa shape index (κ1) is 16.6. The van der Waals surface area contributed by atoms with E-state index in [2.05, 4.69) is 29.2 Å². The third kappa shape index (κ3) is 3.29. The summed E-state index contributed by atoms with van der Waals surface area (Å²) >= 11 is 0. The standard InChI is InChI=1S/C20H28N4O/c1-13(2)24-19-16(12-22-24)9-17(11-21-19)20(25)23-18-8-7-14-5-3-4-6-15(14)10-18/h9,11-15,18H,3-8,10H2,1-2H3,(H,23,25). The molecular weight excluding hydrogens is 312 g/mol. The molecule has 0 aliphatic heterocycles. The molecule has 0 radical (unpaired) electrons. The fourth-order valence-electron chi connectivity index (χ4n) is 4.72. The minimum Gasteiger partial charge on any atom is -0.349 e. The summed E-state index contributed by atoms with van der Waals surface area (Å²) in [4.78, 5) is 17.2. The minimum atomic E-state index is 0.00552. The van der Waals surface area contributed by atoms with Gasteiger partial charge in [-0.05, 0) is 51.0 Å². The molecule has 2 aliphatic rings. The fourth-order valence-corrected chi connectivity index (χ4v) is 4.72. The van der Waals surface area contributed by atoms with Crippen LogP contribution < -0.4 is 5.32 Å². The Labute approximate surface area is 149 Å². The molecule has 2 aromatic heterocycles. The first-order valence-corrected chi connectivity index (χ1v) is 9.76. The predicted molar refractivity (Wildman–Crippen MR) is 98.5 cm³/mol. The van der Waals surface area contributed by atoms with Crippen molar-refractivity contribution in [1.29, 1.82) is 0 Å². The Morgan fingerprint density at radius 2 is 1.96 bits per heavy atom. The van der Waals surface area contributed by atoms with Crippen LogP contribution in [0.2, 0.25) is 0 Å². The summed E-state index contributed by atoms with van der Waals surface area (Å²) in [7, 11) is 0. The van der Waals surface area contributed by atoms with E-state index in [1.54, 1.807) is 12.4 Å². The number of nitrogens with one attached hydrogen (secondary N) is 1. The molecule has 5 heteroatoms. The van der Waals surface area contributed by atoms with Crippen molar-refractivity contribution in [3.63, 3.8) is 0 Å². The van der Waals surface area contributed by atoms with Crippen LogP contribution in [0.4, 0.5) is 0 Å². The SMILES string of the molecule is CC(C)n1ncc2cc(C(=O)NC3CCC4CCCCC4C3)cnc21. The maximum absolute atomic E-state index is 12.7. The highest BCUT2D eigenvalue weighted by Crippen LogP contribution is 2.40. The lowest BCUT2D eigenvalue weighted by Crippen LogP contribution is -2.41. The Hall–Kier alpha value is -1.91. The molecule has 2 fully saturated rings. The van der Waals surface area contributed by atoms with Gasteiger partial charge in [0.15, 0.2) is 5.65 Å². The van der Waals surface area contributed by atoms with Gasteiger partial charge in [-0.3, -0.25) is 4.79 Å². The Kier molecular flexibility index (Phi) is 4.48. The van der Waals surface area contributed by atoms with Crippen LogP contribution >= 0.6 is 0 Å². The number of amides is 1. The maximum Gasteiger partial charge on any atom is 0.253 e. The summed E-state index contributed by atoms with van der Waals surface area (Å²) in [5.41, 5.74) is 1.48. The van der Waals surface area contributed by atoms with Crippen molar-refractivity contribution >= 4 is 16.9 Å². The molecule has 0 spiro atoms. The fraction of sp³-hybridized carbons (Fsp3) is 0.650. The lowest BCUT2D eigenvalue weighted by molar-refractivity contribution is 0.0879. The molecule has 0 saturated heterocycles. The lowest BCUT2D eigenvalue weighted by Gasteiger charge is -2.39. The molecule has 2 saturated carbocycles. The van der Waals surface area contributed by atoms with E-state index in [4.69, 9.17) is 0 Å². The molecule has 5 nitrogen and oxygen atoms in total. The Bertz CT molecular complexity index is 766. The minimum absolute atomic E-state index is 0.00552. The van der Waals surface area contributed by atoms with E-state index in [1.807, 2.05) is 10.7 Å². The average molecular weight is 340 g/mol. The zero-order chi connectivity index (χ0) is 17.4. The van der Waals surface area contributed by atoms with Gasteiger partial charge in [0.25, 0.3) is 5.91 Å². The zero-order valence-electron chi connectivity index (χ0n) is 15.2. The zero-order valence-corrected chi connectivity index (χ0v) is 15.2. The predicted octanol–water partition coefficient (Wildman–Crippen LogP) is 4.10.